The second kappa shape index (κ2) is 9.25. The molecule has 9 nitrogen and oxygen atoms in total. The first-order valence-electron chi connectivity index (χ1n) is 12.6. The summed E-state index contributed by atoms with van der Waals surface area (Å²) in [6.07, 6.45) is 1.50. The number of nitrogens with one attached hydrogen (secondary N) is 1. The van der Waals surface area contributed by atoms with Gasteiger partial charge in [-0.15, -0.1) is 0 Å². The van der Waals surface area contributed by atoms with Crippen molar-refractivity contribution in [2.75, 3.05) is 24.4 Å². The molecule has 4 aromatic rings. The monoisotopic (exact) mass is 577 g/mol. The zero-order valence-corrected chi connectivity index (χ0v) is 23.9. The number of carbonyl (C=O) groups excluding carboxylic acids is 2. The summed E-state index contributed by atoms with van der Waals surface area (Å²) >= 11 is 12.7. The fourth-order valence-electron chi connectivity index (χ4n) is 5.71. The predicted molar refractivity (Wildman–Crippen MR) is 153 cm³/mol. The van der Waals surface area contributed by atoms with Gasteiger partial charge in [0.15, 0.2) is 11.2 Å². The molecule has 11 heteroatoms. The molecule has 6 rings (SSSR count). The minimum Gasteiger partial charge on any atom is -0.497 e. The van der Waals surface area contributed by atoms with Gasteiger partial charge in [-0.25, -0.2) is 4.98 Å². The van der Waals surface area contributed by atoms with Crippen molar-refractivity contribution < 1.29 is 19.1 Å². The average molecular weight is 578 g/mol. The van der Waals surface area contributed by atoms with Crippen molar-refractivity contribution in [2.24, 2.45) is 0 Å². The van der Waals surface area contributed by atoms with Gasteiger partial charge < -0.3 is 19.4 Å². The molecular weight excluding hydrogens is 553 g/mol. The van der Waals surface area contributed by atoms with Crippen molar-refractivity contribution in [1.82, 2.24) is 14.5 Å². The number of hydrogen-bond donors (Lipinski definition) is 1. The standard InChI is InChI=1S/C29H25Cl2N5O4/c1-14(2)35-25-24(34-26(35)19-8-7-18(39-4)12-23(19)40-5)27(37)36(22-11-17(31)13-32-15(22)3)29(25)20-9-6-16(30)10-21(20)33-28(29)38/h6-14H,1-5H3,(H,33,38)/t29-/m1/s1. The van der Waals surface area contributed by atoms with Crippen molar-refractivity contribution in [2.45, 2.75) is 32.4 Å². The number of amides is 2. The number of carbonyl (C=O) groups is 2. The number of hydrogen-bond acceptors (Lipinski definition) is 6. The Morgan fingerprint density at radius 2 is 1.77 bits per heavy atom. The lowest BCUT2D eigenvalue weighted by Gasteiger charge is -2.36. The number of benzene rings is 2. The fraction of sp³-hybridized carbons (Fsp3) is 0.241. The molecule has 0 fully saturated rings. The van der Waals surface area contributed by atoms with Crippen LogP contribution in [-0.4, -0.2) is 40.6 Å². The lowest BCUT2D eigenvalue weighted by atomic mass is 9.87. The zero-order valence-electron chi connectivity index (χ0n) is 22.4. The van der Waals surface area contributed by atoms with Gasteiger partial charge in [-0.1, -0.05) is 29.3 Å². The van der Waals surface area contributed by atoms with Crippen LogP contribution in [0.1, 0.15) is 47.3 Å². The Hall–Kier alpha value is -4.08. The van der Waals surface area contributed by atoms with E-state index in [-0.39, 0.29) is 11.7 Å². The van der Waals surface area contributed by atoms with Gasteiger partial charge in [0.2, 0.25) is 0 Å². The molecule has 2 aromatic carbocycles. The fourth-order valence-corrected chi connectivity index (χ4v) is 6.03. The molecule has 40 heavy (non-hydrogen) atoms. The van der Waals surface area contributed by atoms with Crippen LogP contribution in [0.2, 0.25) is 10.0 Å². The maximum Gasteiger partial charge on any atom is 0.280 e. The summed E-state index contributed by atoms with van der Waals surface area (Å²) in [5, 5.41) is 3.75. The molecular formula is C29H25Cl2N5O4. The molecule has 2 aromatic heterocycles. The van der Waals surface area contributed by atoms with E-state index in [0.717, 1.165) is 0 Å². The summed E-state index contributed by atoms with van der Waals surface area (Å²) in [7, 11) is 3.13. The molecule has 2 aliphatic rings. The third-order valence-electron chi connectivity index (χ3n) is 7.38. The SMILES string of the molecule is COc1ccc(-c2nc3c(n2C(C)C)[C@]2(C(=O)Nc4cc(Cl)ccc42)N(c2cc(Cl)cnc2C)C3=O)c(OC)c1. The second-order valence-corrected chi connectivity index (χ2v) is 10.8. The minimum atomic E-state index is -1.60. The molecule has 1 atom stereocenters. The maximum atomic E-state index is 14.4. The Morgan fingerprint density at radius 1 is 1.00 bits per heavy atom. The highest BCUT2D eigenvalue weighted by atomic mass is 35.5. The van der Waals surface area contributed by atoms with E-state index < -0.39 is 17.4 Å². The molecule has 1 spiro atoms. The number of imidazole rings is 1. The molecule has 0 saturated carbocycles. The number of fused-ring (bicyclic) bond motifs is 4. The number of aromatic nitrogens is 3. The van der Waals surface area contributed by atoms with Crippen LogP contribution in [0.4, 0.5) is 11.4 Å². The predicted octanol–water partition coefficient (Wildman–Crippen LogP) is 6.01. The number of aryl methyl sites for hydroxylation is 1. The average Bonchev–Trinajstić information content (AvgIpc) is 3.53. The van der Waals surface area contributed by atoms with Crippen LogP contribution in [0.25, 0.3) is 11.4 Å². The van der Waals surface area contributed by atoms with E-state index in [2.05, 4.69) is 10.3 Å². The summed E-state index contributed by atoms with van der Waals surface area (Å²) in [6.45, 7) is 5.72. The smallest absolute Gasteiger partial charge is 0.280 e. The van der Waals surface area contributed by atoms with Crippen LogP contribution in [-0.2, 0) is 10.3 Å². The molecule has 0 saturated heterocycles. The molecule has 0 radical (unpaired) electrons. The molecule has 204 valence electrons. The molecule has 1 N–H and O–H groups in total. The summed E-state index contributed by atoms with van der Waals surface area (Å²) in [6, 6.07) is 12.0. The summed E-state index contributed by atoms with van der Waals surface area (Å²) in [5.41, 5.74) is 1.67. The van der Waals surface area contributed by atoms with Crippen LogP contribution >= 0.6 is 23.2 Å². The number of pyridine rings is 1. The van der Waals surface area contributed by atoms with Gasteiger partial charge in [0.25, 0.3) is 11.8 Å². The van der Waals surface area contributed by atoms with Gasteiger partial charge in [-0.3, -0.25) is 19.5 Å². The first-order valence-corrected chi connectivity index (χ1v) is 13.3. The molecule has 4 heterocycles. The van der Waals surface area contributed by atoms with E-state index in [1.165, 1.54) is 11.1 Å². The van der Waals surface area contributed by atoms with Crippen LogP contribution in [0.5, 0.6) is 11.5 Å². The number of halogens is 2. The number of anilines is 2. The normalized spacial score (nSPS) is 17.4. The molecule has 2 aliphatic heterocycles. The maximum absolute atomic E-state index is 14.4. The van der Waals surface area contributed by atoms with Gasteiger partial charge >= 0.3 is 0 Å². The van der Waals surface area contributed by atoms with Crippen molar-refractivity contribution in [3.05, 3.63) is 81.4 Å². The van der Waals surface area contributed by atoms with Crippen molar-refractivity contribution >= 4 is 46.4 Å². The van der Waals surface area contributed by atoms with E-state index in [9.17, 15) is 9.59 Å². The van der Waals surface area contributed by atoms with E-state index in [4.69, 9.17) is 37.7 Å². The van der Waals surface area contributed by atoms with Crippen LogP contribution in [0.3, 0.4) is 0 Å². The van der Waals surface area contributed by atoms with Crippen molar-refractivity contribution in [1.29, 1.82) is 0 Å². The lowest BCUT2D eigenvalue weighted by Crippen LogP contribution is -2.51. The van der Waals surface area contributed by atoms with E-state index in [1.807, 2.05) is 24.5 Å². The van der Waals surface area contributed by atoms with E-state index in [1.54, 1.807) is 57.5 Å². The highest BCUT2D eigenvalue weighted by Crippen LogP contribution is 2.55. The third-order valence-corrected chi connectivity index (χ3v) is 7.82. The highest BCUT2D eigenvalue weighted by Gasteiger charge is 2.64. The Kier molecular flexibility index (Phi) is 6.05. The van der Waals surface area contributed by atoms with Crippen LogP contribution in [0.15, 0.2) is 48.7 Å². The number of methoxy groups -OCH3 is 2. The molecule has 0 unspecified atom stereocenters. The highest BCUT2D eigenvalue weighted by molar-refractivity contribution is 6.32. The van der Waals surface area contributed by atoms with E-state index in [0.29, 0.717) is 61.3 Å². The number of nitrogens with zero attached hydrogens (tertiary/aromatic N) is 4. The van der Waals surface area contributed by atoms with Gasteiger partial charge in [-0.05, 0) is 51.1 Å². The third kappa shape index (κ3) is 3.47. The topological polar surface area (TPSA) is 98.6 Å². The van der Waals surface area contributed by atoms with Crippen molar-refractivity contribution in [3.8, 4) is 22.9 Å². The zero-order chi connectivity index (χ0) is 28.5. The number of rotatable bonds is 5. The number of ether oxygens (including phenoxy) is 2. The Balaban J connectivity index is 1.73. The first-order chi connectivity index (χ1) is 19.1. The Morgan fingerprint density at radius 3 is 2.48 bits per heavy atom. The summed E-state index contributed by atoms with van der Waals surface area (Å²) in [5.74, 6) is 0.753. The molecule has 2 amide bonds. The minimum absolute atomic E-state index is 0.152. The van der Waals surface area contributed by atoms with E-state index >= 15 is 0 Å². The largest absolute Gasteiger partial charge is 0.497 e. The Bertz CT molecular complexity index is 1730. The summed E-state index contributed by atoms with van der Waals surface area (Å²) in [4.78, 5) is 39.5. The van der Waals surface area contributed by atoms with Crippen LogP contribution < -0.4 is 19.7 Å². The second-order valence-electron chi connectivity index (χ2n) is 9.92. The van der Waals surface area contributed by atoms with Gasteiger partial charge in [0.05, 0.1) is 41.9 Å². The van der Waals surface area contributed by atoms with Gasteiger partial charge in [-0.2, -0.15) is 0 Å². The first kappa shape index (κ1) is 26.2. The lowest BCUT2D eigenvalue weighted by molar-refractivity contribution is -0.119. The summed E-state index contributed by atoms with van der Waals surface area (Å²) < 4.78 is 13.0. The van der Waals surface area contributed by atoms with Crippen molar-refractivity contribution in [3.63, 3.8) is 0 Å². The van der Waals surface area contributed by atoms with Gasteiger partial charge in [0, 0.05) is 34.6 Å². The molecule has 0 bridgehead atoms. The quantitative estimate of drug-likeness (QED) is 0.311. The van der Waals surface area contributed by atoms with Crippen LogP contribution in [0, 0.1) is 6.92 Å². The molecule has 0 aliphatic carbocycles. The van der Waals surface area contributed by atoms with Gasteiger partial charge in [0.1, 0.15) is 17.3 Å². The Labute approximate surface area is 240 Å².